The second kappa shape index (κ2) is 6.14. The number of nitrogens with one attached hydrogen (secondary N) is 3. The van der Waals surface area contributed by atoms with Gasteiger partial charge in [0.1, 0.15) is 0 Å². The Morgan fingerprint density at radius 3 is 2.65 bits per heavy atom. The first kappa shape index (κ1) is 16.6. The van der Waals surface area contributed by atoms with E-state index in [-0.39, 0.29) is 40.4 Å². The highest BCUT2D eigenvalue weighted by Gasteiger charge is 2.26. The van der Waals surface area contributed by atoms with E-state index >= 15 is 0 Å². The van der Waals surface area contributed by atoms with Gasteiger partial charge in [0.15, 0.2) is 0 Å². The van der Waals surface area contributed by atoms with Crippen LogP contribution in [0.4, 0.5) is 11.4 Å². The number of anilines is 2. The molecule has 0 unspecified atom stereocenters. The molecule has 1 aliphatic heterocycles. The van der Waals surface area contributed by atoms with Crippen molar-refractivity contribution in [1.29, 1.82) is 0 Å². The maximum atomic E-state index is 12.7. The zero-order chi connectivity index (χ0) is 18.3. The molecule has 0 atom stereocenters. The Balaban J connectivity index is 1.61. The van der Waals surface area contributed by atoms with E-state index < -0.39 is 10.0 Å². The zero-order valence-electron chi connectivity index (χ0n) is 13.8. The molecule has 1 saturated carbocycles. The molecular formula is C18H17N3O4S. The van der Waals surface area contributed by atoms with Gasteiger partial charge in [-0.05, 0) is 48.7 Å². The molecule has 0 aromatic heterocycles. The molecule has 2 aliphatic rings. The van der Waals surface area contributed by atoms with Gasteiger partial charge >= 0.3 is 0 Å². The maximum absolute atomic E-state index is 12.7. The maximum Gasteiger partial charge on any atom is 0.261 e. The Bertz CT molecular complexity index is 1010. The van der Waals surface area contributed by atoms with Gasteiger partial charge in [-0.3, -0.25) is 14.3 Å². The van der Waals surface area contributed by atoms with Crippen molar-refractivity contribution in [3.8, 4) is 0 Å². The minimum atomic E-state index is -3.89. The molecule has 2 aromatic carbocycles. The summed E-state index contributed by atoms with van der Waals surface area (Å²) >= 11 is 0. The first-order chi connectivity index (χ1) is 12.4. The number of hydrogen-bond acceptors (Lipinski definition) is 4. The van der Waals surface area contributed by atoms with Crippen molar-refractivity contribution < 1.29 is 18.0 Å². The van der Waals surface area contributed by atoms with Crippen molar-refractivity contribution in [2.75, 3.05) is 10.0 Å². The van der Waals surface area contributed by atoms with Gasteiger partial charge in [-0.25, -0.2) is 8.42 Å². The highest BCUT2D eigenvalue weighted by atomic mass is 32.2. The van der Waals surface area contributed by atoms with Gasteiger partial charge in [-0.15, -0.1) is 0 Å². The van der Waals surface area contributed by atoms with Crippen molar-refractivity contribution >= 4 is 33.2 Å². The van der Waals surface area contributed by atoms with Crippen LogP contribution < -0.4 is 15.4 Å². The highest BCUT2D eigenvalue weighted by molar-refractivity contribution is 7.92. The molecule has 0 bridgehead atoms. The van der Waals surface area contributed by atoms with Gasteiger partial charge < -0.3 is 10.6 Å². The van der Waals surface area contributed by atoms with E-state index in [9.17, 15) is 18.0 Å². The van der Waals surface area contributed by atoms with E-state index in [4.69, 9.17) is 0 Å². The number of rotatable bonds is 5. The summed E-state index contributed by atoms with van der Waals surface area (Å²) in [6, 6.07) is 11.1. The molecule has 2 aromatic rings. The standard InChI is InChI=1S/C18H17N3O4S/c22-17-10-11-9-13(7-8-15(11)20-17)26(24,25)21-16-4-2-1-3-14(16)18(23)19-12-5-6-12/h1-4,7-9,12,21H,5-6,10H2,(H,19,23)(H,20,22). The van der Waals surface area contributed by atoms with Crippen LogP contribution in [0.3, 0.4) is 0 Å². The summed E-state index contributed by atoms with van der Waals surface area (Å²) in [7, 11) is -3.89. The lowest BCUT2D eigenvalue weighted by Crippen LogP contribution is -2.27. The normalized spacial score (nSPS) is 15.9. The van der Waals surface area contributed by atoms with Gasteiger partial charge in [0.2, 0.25) is 5.91 Å². The second-order valence-electron chi connectivity index (χ2n) is 6.44. The van der Waals surface area contributed by atoms with Crippen molar-refractivity contribution in [2.45, 2.75) is 30.2 Å². The summed E-state index contributed by atoms with van der Waals surface area (Å²) < 4.78 is 28.0. The van der Waals surface area contributed by atoms with E-state index in [1.807, 2.05) is 0 Å². The van der Waals surface area contributed by atoms with Gasteiger partial charge in [0.25, 0.3) is 15.9 Å². The molecule has 0 saturated heterocycles. The predicted molar refractivity (Wildman–Crippen MR) is 96.5 cm³/mol. The van der Waals surface area contributed by atoms with Crippen LogP contribution in [0.5, 0.6) is 0 Å². The van der Waals surface area contributed by atoms with Crippen molar-refractivity contribution in [2.24, 2.45) is 0 Å². The summed E-state index contributed by atoms with van der Waals surface area (Å²) in [5.41, 5.74) is 1.76. The monoisotopic (exact) mass is 371 g/mol. The summed E-state index contributed by atoms with van der Waals surface area (Å²) in [5, 5.41) is 5.52. The Morgan fingerprint density at radius 1 is 1.12 bits per heavy atom. The van der Waals surface area contributed by atoms with Gasteiger partial charge in [0, 0.05) is 11.7 Å². The first-order valence-electron chi connectivity index (χ1n) is 8.28. The van der Waals surface area contributed by atoms with Crippen LogP contribution in [-0.4, -0.2) is 26.3 Å². The molecule has 1 fully saturated rings. The number of hydrogen-bond donors (Lipinski definition) is 3. The molecule has 8 heteroatoms. The van der Waals surface area contributed by atoms with Crippen LogP contribution in [0.1, 0.15) is 28.8 Å². The molecule has 1 aliphatic carbocycles. The molecule has 2 amide bonds. The van der Waals surface area contributed by atoms with Crippen LogP contribution in [0.15, 0.2) is 47.4 Å². The van der Waals surface area contributed by atoms with Crippen LogP contribution in [0.2, 0.25) is 0 Å². The van der Waals surface area contributed by atoms with E-state index in [1.165, 1.54) is 12.1 Å². The molecule has 4 rings (SSSR count). The third kappa shape index (κ3) is 3.28. The Hall–Kier alpha value is -2.87. The van der Waals surface area contributed by atoms with E-state index in [2.05, 4.69) is 15.4 Å². The summed E-state index contributed by atoms with van der Waals surface area (Å²) in [6.45, 7) is 0. The lowest BCUT2D eigenvalue weighted by molar-refractivity contribution is -0.115. The smallest absolute Gasteiger partial charge is 0.261 e. The highest BCUT2D eigenvalue weighted by Crippen LogP contribution is 2.28. The van der Waals surface area contributed by atoms with Gasteiger partial charge in [-0.2, -0.15) is 0 Å². The van der Waals surface area contributed by atoms with Crippen molar-refractivity contribution in [3.05, 3.63) is 53.6 Å². The number of benzene rings is 2. The van der Waals surface area contributed by atoms with Crippen LogP contribution >= 0.6 is 0 Å². The Labute approximate surface area is 150 Å². The fourth-order valence-electron chi connectivity index (χ4n) is 2.84. The number of amides is 2. The summed E-state index contributed by atoms with van der Waals surface area (Å²) in [6.07, 6.45) is 2.04. The van der Waals surface area contributed by atoms with E-state index in [0.717, 1.165) is 12.8 Å². The molecule has 26 heavy (non-hydrogen) atoms. The average molecular weight is 371 g/mol. The quantitative estimate of drug-likeness (QED) is 0.746. The molecule has 3 N–H and O–H groups in total. The van der Waals surface area contributed by atoms with Crippen LogP contribution in [0, 0.1) is 0 Å². The second-order valence-corrected chi connectivity index (χ2v) is 8.13. The lowest BCUT2D eigenvalue weighted by atomic mass is 10.1. The molecule has 134 valence electrons. The average Bonchev–Trinajstić information content (AvgIpc) is 3.32. The molecule has 1 heterocycles. The number of carbonyl (C=O) groups is 2. The van der Waals surface area contributed by atoms with Crippen LogP contribution in [-0.2, 0) is 21.2 Å². The Morgan fingerprint density at radius 2 is 1.88 bits per heavy atom. The minimum absolute atomic E-state index is 0.0464. The predicted octanol–water partition coefficient (Wildman–Crippen LogP) is 1.87. The number of sulfonamides is 1. The van der Waals surface area contributed by atoms with Crippen LogP contribution in [0.25, 0.3) is 0 Å². The number of fused-ring (bicyclic) bond motifs is 1. The number of para-hydroxylation sites is 1. The molecule has 0 radical (unpaired) electrons. The Kier molecular flexibility index (Phi) is 3.91. The minimum Gasteiger partial charge on any atom is -0.349 e. The molecule has 0 spiro atoms. The zero-order valence-corrected chi connectivity index (χ0v) is 14.6. The van der Waals surface area contributed by atoms with Crippen molar-refractivity contribution in [3.63, 3.8) is 0 Å². The van der Waals surface area contributed by atoms with Gasteiger partial charge in [-0.1, -0.05) is 12.1 Å². The van der Waals surface area contributed by atoms with Crippen molar-refractivity contribution in [1.82, 2.24) is 5.32 Å². The molecule has 7 nitrogen and oxygen atoms in total. The SMILES string of the molecule is O=C1Cc2cc(S(=O)(=O)Nc3ccccc3C(=O)NC3CC3)ccc2N1. The fraction of sp³-hybridized carbons (Fsp3) is 0.222. The largest absolute Gasteiger partial charge is 0.349 e. The van der Waals surface area contributed by atoms with Gasteiger partial charge in [0.05, 0.1) is 22.6 Å². The molecular weight excluding hydrogens is 354 g/mol. The summed E-state index contributed by atoms with van der Waals surface area (Å²) in [4.78, 5) is 23.8. The fourth-order valence-corrected chi connectivity index (χ4v) is 3.97. The van der Waals surface area contributed by atoms with E-state index in [1.54, 1.807) is 30.3 Å². The first-order valence-corrected chi connectivity index (χ1v) is 9.76. The third-order valence-electron chi connectivity index (χ3n) is 4.34. The number of carbonyl (C=O) groups excluding carboxylic acids is 2. The topological polar surface area (TPSA) is 104 Å². The lowest BCUT2D eigenvalue weighted by Gasteiger charge is -2.13. The summed E-state index contributed by atoms with van der Waals surface area (Å²) in [5.74, 6) is -0.459. The third-order valence-corrected chi connectivity index (χ3v) is 5.70. The van der Waals surface area contributed by atoms with E-state index in [0.29, 0.717) is 11.3 Å².